The molecular formula is C28H30F24O2. The smallest absolute Gasteiger partial charge is 0.390 e. The summed E-state index contributed by atoms with van der Waals surface area (Å²) in [6.07, 6.45) is -42.6. The van der Waals surface area contributed by atoms with Crippen LogP contribution < -0.4 is 0 Å². The molecule has 0 fully saturated rings. The van der Waals surface area contributed by atoms with Gasteiger partial charge in [0, 0.05) is 5.57 Å². The van der Waals surface area contributed by atoms with Crippen molar-refractivity contribution in [1.82, 2.24) is 0 Å². The van der Waals surface area contributed by atoms with Gasteiger partial charge < -0.3 is 4.74 Å². The molecule has 0 saturated heterocycles. The van der Waals surface area contributed by atoms with E-state index in [-0.39, 0.29) is 19.8 Å². The van der Waals surface area contributed by atoms with E-state index in [4.69, 9.17) is 0 Å². The Morgan fingerprint density at radius 3 is 1.20 bits per heavy atom. The Morgan fingerprint density at radius 1 is 0.481 bits per heavy atom. The predicted molar refractivity (Wildman–Crippen MR) is 136 cm³/mol. The zero-order valence-electron chi connectivity index (χ0n) is 27.8. The summed E-state index contributed by atoms with van der Waals surface area (Å²) in [5.74, 6) is -40.5. The third-order valence-electron chi connectivity index (χ3n) is 8.51. The topological polar surface area (TPSA) is 26.3 Å². The molecule has 0 bridgehead atoms. The maximum atomic E-state index is 16.2. The Kier molecular flexibility index (Phi) is 15.1. The highest BCUT2D eigenvalue weighted by Gasteiger charge is 2.98. The van der Waals surface area contributed by atoms with Crippen molar-refractivity contribution in [3.63, 3.8) is 0 Å². The number of allylic oxidation sites excluding steroid dienone is 1. The summed E-state index contributed by atoms with van der Waals surface area (Å²) >= 11 is 0. The Balaban J connectivity index is 8.52. The van der Waals surface area contributed by atoms with Crippen molar-refractivity contribution in [2.24, 2.45) is 5.41 Å². The van der Waals surface area contributed by atoms with Crippen LogP contribution in [0.15, 0.2) is 11.1 Å². The standard InChI is InChI=1S/C28H30F24O2/c1-5-8-9-10-11-12-13-17(4,7-3)15(16(53)54-28(51,52)27(48,49)50)14(6-2)18(29,24(39,40)41)20(31,32)22(35,36)23(37,38)21(33,34)19(30,25(42,43)44)26(45,46)47/h5-13H2,1-4H3. The van der Waals surface area contributed by atoms with E-state index in [2.05, 4.69) is 4.74 Å². The zero-order chi connectivity index (χ0) is 43.8. The predicted octanol–water partition coefficient (Wildman–Crippen LogP) is 13.2. The summed E-state index contributed by atoms with van der Waals surface area (Å²) in [5, 5.41) is 0. The molecule has 0 aromatic rings. The number of halogens is 24. The van der Waals surface area contributed by atoms with E-state index in [0.717, 1.165) is 0 Å². The first kappa shape index (κ1) is 51.5. The number of hydrogen-bond acceptors (Lipinski definition) is 2. The zero-order valence-corrected chi connectivity index (χ0v) is 27.8. The average Bonchev–Trinajstić information content (AvgIpc) is 2.97. The number of alkyl halides is 24. The molecule has 0 amide bonds. The number of rotatable bonds is 18. The Labute approximate surface area is 289 Å². The van der Waals surface area contributed by atoms with Crippen molar-refractivity contribution in [3.05, 3.63) is 11.1 Å². The molecule has 2 unspecified atom stereocenters. The van der Waals surface area contributed by atoms with Gasteiger partial charge in [-0.15, -0.1) is 0 Å². The van der Waals surface area contributed by atoms with Crippen LogP contribution in [0.4, 0.5) is 105 Å². The lowest BCUT2D eigenvalue weighted by Gasteiger charge is -2.47. The summed E-state index contributed by atoms with van der Waals surface area (Å²) < 4.78 is 338. The van der Waals surface area contributed by atoms with Gasteiger partial charge in [0.05, 0.1) is 0 Å². The number of carbonyl (C=O) groups excluding carboxylic acids is 1. The van der Waals surface area contributed by atoms with Gasteiger partial charge in [0.15, 0.2) is 0 Å². The third-order valence-corrected chi connectivity index (χ3v) is 8.51. The van der Waals surface area contributed by atoms with Gasteiger partial charge in [-0.25, -0.2) is 13.6 Å². The fraction of sp³-hybridized carbons (Fsp3) is 0.893. The first-order chi connectivity index (χ1) is 23.6. The minimum absolute atomic E-state index is 0.100. The monoisotopic (exact) mass is 854 g/mol. The van der Waals surface area contributed by atoms with E-state index < -0.39 is 114 Å². The molecule has 0 aliphatic rings. The molecule has 0 heterocycles. The van der Waals surface area contributed by atoms with Gasteiger partial charge in [0.25, 0.3) is 5.67 Å². The third kappa shape index (κ3) is 8.44. The quantitative estimate of drug-likeness (QED) is 0.0594. The van der Waals surface area contributed by atoms with Crippen LogP contribution in [-0.2, 0) is 9.53 Å². The van der Waals surface area contributed by atoms with Crippen LogP contribution in [-0.4, -0.2) is 71.8 Å². The van der Waals surface area contributed by atoms with E-state index in [1.165, 1.54) is 0 Å². The molecule has 0 saturated carbocycles. The molecular weight excluding hydrogens is 824 g/mol. The Morgan fingerprint density at radius 2 is 0.870 bits per heavy atom. The van der Waals surface area contributed by atoms with E-state index in [1.54, 1.807) is 6.92 Å². The molecule has 0 aliphatic carbocycles. The summed E-state index contributed by atoms with van der Waals surface area (Å²) in [6.45, 7) is 2.60. The summed E-state index contributed by atoms with van der Waals surface area (Å²) in [5.41, 5.74) is -26.3. The molecule has 0 N–H and O–H groups in total. The Bertz CT molecular complexity index is 1290. The first-order valence-corrected chi connectivity index (χ1v) is 15.1. The second-order valence-corrected chi connectivity index (χ2v) is 12.2. The van der Waals surface area contributed by atoms with Crippen molar-refractivity contribution in [3.8, 4) is 0 Å². The number of esters is 1. The van der Waals surface area contributed by atoms with Gasteiger partial charge in [-0.05, 0) is 30.3 Å². The fourth-order valence-corrected chi connectivity index (χ4v) is 5.21. The normalized spacial score (nSPS) is 17.9. The maximum absolute atomic E-state index is 16.2. The summed E-state index contributed by atoms with van der Waals surface area (Å²) in [7, 11) is 0. The van der Waals surface area contributed by atoms with Crippen LogP contribution in [0, 0.1) is 5.41 Å². The van der Waals surface area contributed by atoms with Crippen LogP contribution in [0.3, 0.4) is 0 Å². The van der Waals surface area contributed by atoms with Crippen LogP contribution in [0.25, 0.3) is 0 Å². The lowest BCUT2D eigenvalue weighted by Crippen LogP contribution is -2.78. The SMILES string of the molecule is CCCCCCCCC(C)(CC)C(C(=O)OC(F)(F)C(F)(F)F)=C(CC)C(F)(C(F)(F)F)C(F)(F)C(F)(F)C(F)(F)C(F)(F)C(F)(C(F)(F)F)C(F)(F)F. The summed E-state index contributed by atoms with van der Waals surface area (Å²) in [6, 6.07) is 0. The molecule has 322 valence electrons. The van der Waals surface area contributed by atoms with E-state index in [1.807, 2.05) is 0 Å². The van der Waals surface area contributed by atoms with Crippen LogP contribution in [0.2, 0.25) is 0 Å². The van der Waals surface area contributed by atoms with Crippen molar-refractivity contribution in [2.45, 2.75) is 151 Å². The molecule has 0 rings (SSSR count). The van der Waals surface area contributed by atoms with Gasteiger partial charge in [0.1, 0.15) is 0 Å². The highest BCUT2D eigenvalue weighted by atomic mass is 19.4. The molecule has 2 nitrogen and oxygen atoms in total. The number of ether oxygens (including phenoxy) is 1. The minimum Gasteiger partial charge on any atom is -0.390 e. The molecule has 26 heteroatoms. The van der Waals surface area contributed by atoms with Crippen LogP contribution >= 0.6 is 0 Å². The lowest BCUT2D eigenvalue weighted by atomic mass is 9.68. The van der Waals surface area contributed by atoms with Crippen molar-refractivity contribution < 1.29 is 115 Å². The second kappa shape index (κ2) is 15.8. The van der Waals surface area contributed by atoms with E-state index in [9.17, 15) is 97.0 Å². The largest absolute Gasteiger partial charge is 0.501 e. The number of hydrogen-bond donors (Lipinski definition) is 0. The molecule has 0 aromatic carbocycles. The van der Waals surface area contributed by atoms with Crippen LogP contribution in [0.1, 0.15) is 85.5 Å². The van der Waals surface area contributed by atoms with Gasteiger partial charge in [0.2, 0.25) is 0 Å². The summed E-state index contributed by atoms with van der Waals surface area (Å²) in [4.78, 5) is 12.8. The highest BCUT2D eigenvalue weighted by molar-refractivity contribution is 5.91. The molecule has 0 spiro atoms. The van der Waals surface area contributed by atoms with Crippen molar-refractivity contribution in [2.75, 3.05) is 0 Å². The van der Waals surface area contributed by atoms with Crippen LogP contribution in [0.5, 0.6) is 0 Å². The molecule has 2 atom stereocenters. The highest BCUT2D eigenvalue weighted by Crippen LogP contribution is 2.67. The minimum atomic E-state index is -9.37. The fourth-order valence-electron chi connectivity index (χ4n) is 5.21. The average molecular weight is 854 g/mol. The first-order valence-electron chi connectivity index (χ1n) is 15.1. The molecule has 0 aromatic heterocycles. The second-order valence-electron chi connectivity index (χ2n) is 12.2. The van der Waals surface area contributed by atoms with E-state index >= 15 is 13.2 Å². The van der Waals surface area contributed by atoms with E-state index in [0.29, 0.717) is 33.1 Å². The maximum Gasteiger partial charge on any atom is 0.501 e. The van der Waals surface area contributed by atoms with Crippen molar-refractivity contribution in [1.29, 1.82) is 0 Å². The van der Waals surface area contributed by atoms with Gasteiger partial charge in [-0.3, -0.25) is 0 Å². The number of unbranched alkanes of at least 4 members (excludes halogenated alkanes) is 5. The lowest BCUT2D eigenvalue weighted by molar-refractivity contribution is -0.466. The molecule has 0 aliphatic heterocycles. The number of carbonyl (C=O) groups is 1. The molecule has 0 radical (unpaired) electrons. The van der Waals surface area contributed by atoms with Gasteiger partial charge in [-0.1, -0.05) is 66.2 Å². The van der Waals surface area contributed by atoms with Gasteiger partial charge >= 0.3 is 66.1 Å². The van der Waals surface area contributed by atoms with Crippen molar-refractivity contribution >= 4 is 5.97 Å². The Hall–Kier alpha value is -2.47. The molecule has 54 heavy (non-hydrogen) atoms. The van der Waals surface area contributed by atoms with Gasteiger partial charge in [-0.2, -0.15) is 96.6 Å².